The van der Waals surface area contributed by atoms with Crippen LogP contribution in [-0.4, -0.2) is 11.9 Å². The van der Waals surface area contributed by atoms with E-state index < -0.39 is 195 Å². The molecule has 1 aromatic heterocycles. The minimum atomic E-state index is -6.13. The standard InChI is InChI=1S/C32H12BF24.C30H46NO/c34-25(35,36)13-1-14(26(37,38)39)6-21(5-13)33(22-7-15(27(40,41)42)2-16(8-22)28(43,44)45,23-9-17(29(46,47)48)3-18(10-23)30(49,50)51)24-11-19(31(52,53)54)4-20(12-24)32(55,56)57;1-2-3-4-5-6-7-8-9-10-11-12-13-14-15-19-25-30(32)29-24-20-21-26-31(29)27-28-22-17-16-18-23-28/h1-12H;16-18,20-24,26H,2-15,19,25,27H2,1H3/q-1;+1. The molecule has 0 bridgehead atoms. The summed E-state index contributed by atoms with van der Waals surface area (Å²) < 4.78 is 343. The lowest BCUT2D eigenvalue weighted by Gasteiger charge is -2.46. The maximum atomic E-state index is 14.2. The zero-order valence-electron chi connectivity index (χ0n) is 47.1. The molecule has 0 amide bonds. The van der Waals surface area contributed by atoms with Gasteiger partial charge in [-0.05, 0) is 36.8 Å². The molecule has 0 saturated carbocycles. The van der Waals surface area contributed by atoms with E-state index in [2.05, 4.69) is 35.8 Å². The third kappa shape index (κ3) is 20.7. The molecule has 5 aromatic carbocycles. The fourth-order valence-electron chi connectivity index (χ4n) is 10.5. The van der Waals surface area contributed by atoms with Crippen molar-refractivity contribution in [3.63, 3.8) is 0 Å². The van der Waals surface area contributed by atoms with Crippen molar-refractivity contribution in [2.45, 2.75) is 166 Å². The molecule has 0 aliphatic carbocycles. The van der Waals surface area contributed by atoms with E-state index >= 15 is 0 Å². The average Bonchev–Trinajstić information content (AvgIpc) is 0.753. The molecule has 0 fully saturated rings. The molecule has 0 aliphatic heterocycles. The Morgan fingerprint density at radius 1 is 0.326 bits per heavy atom. The number of nitrogens with zero attached hydrogens (tertiary/aromatic N) is 1. The highest BCUT2D eigenvalue weighted by Gasteiger charge is 2.47. The summed E-state index contributed by atoms with van der Waals surface area (Å²) in [4.78, 5) is 12.8. The number of carbonyl (C=O) groups excluding carboxylic acids is 1. The van der Waals surface area contributed by atoms with Gasteiger partial charge >= 0.3 is 49.4 Å². The molecular weight excluding hydrogens is 1240 g/mol. The molecule has 0 atom stereocenters. The maximum Gasteiger partial charge on any atom is 0.416 e. The van der Waals surface area contributed by atoms with Gasteiger partial charge < -0.3 is 0 Å². The van der Waals surface area contributed by atoms with Crippen LogP contribution in [-0.2, 0) is 56.0 Å². The molecule has 488 valence electrons. The first-order valence-corrected chi connectivity index (χ1v) is 28.0. The third-order valence-electron chi connectivity index (χ3n) is 14.9. The van der Waals surface area contributed by atoms with E-state index in [1.165, 1.54) is 95.5 Å². The minimum Gasteiger partial charge on any atom is -0.287 e. The number of pyridine rings is 1. The molecule has 0 saturated heterocycles. The highest BCUT2D eigenvalue weighted by atomic mass is 19.4. The molecule has 89 heavy (non-hydrogen) atoms. The molecule has 0 radical (unpaired) electrons. The summed E-state index contributed by atoms with van der Waals surface area (Å²) in [7, 11) is 0. The lowest BCUT2D eigenvalue weighted by atomic mass is 9.12. The van der Waals surface area contributed by atoms with Crippen LogP contribution >= 0.6 is 0 Å². The van der Waals surface area contributed by atoms with Crippen LogP contribution in [0.1, 0.15) is 170 Å². The second-order valence-electron chi connectivity index (χ2n) is 21.5. The van der Waals surface area contributed by atoms with Crippen molar-refractivity contribution < 1.29 is 115 Å². The second kappa shape index (κ2) is 29.5. The fourth-order valence-corrected chi connectivity index (χ4v) is 10.5. The van der Waals surface area contributed by atoms with E-state index in [0.29, 0.717) is 6.42 Å². The van der Waals surface area contributed by atoms with Crippen LogP contribution in [0.4, 0.5) is 105 Å². The smallest absolute Gasteiger partial charge is 0.287 e. The van der Waals surface area contributed by atoms with E-state index in [0.717, 1.165) is 18.7 Å². The molecule has 2 nitrogen and oxygen atoms in total. The van der Waals surface area contributed by atoms with Crippen molar-refractivity contribution >= 4 is 33.8 Å². The SMILES string of the molecule is CCCCCCCCCCCCCCCCCC(=O)c1cccc[n+]1Cc1ccccc1.FC(F)(F)c1cc([B-](c2cc(C(F)(F)F)cc(C(F)(F)F)c2)(c2cc(C(F)(F)F)cc(C(F)(F)F)c2)c2cc(C(F)(F)F)cc(C(F)(F)F)c2)cc(C(F)(F)F)c1. The molecule has 0 spiro atoms. The van der Waals surface area contributed by atoms with Crippen molar-refractivity contribution in [3.05, 3.63) is 183 Å². The molecule has 1 heterocycles. The molecule has 0 aliphatic rings. The van der Waals surface area contributed by atoms with Gasteiger partial charge in [0.1, 0.15) is 6.15 Å². The first kappa shape index (κ1) is 73.0. The molecule has 6 aromatic rings. The van der Waals surface area contributed by atoms with E-state index in [1.54, 1.807) is 0 Å². The highest BCUT2D eigenvalue weighted by Crippen LogP contribution is 2.42. The lowest BCUT2D eigenvalue weighted by molar-refractivity contribution is -0.690. The fraction of sp³-hybridized carbons (Fsp3) is 0.419. The normalized spacial score (nSPS) is 13.1. The van der Waals surface area contributed by atoms with Gasteiger partial charge in [-0.1, -0.05) is 176 Å². The number of benzene rings is 5. The van der Waals surface area contributed by atoms with Gasteiger partial charge in [0.25, 0.3) is 0 Å². The van der Waals surface area contributed by atoms with E-state index in [4.69, 9.17) is 0 Å². The largest absolute Gasteiger partial charge is 0.416 e. The van der Waals surface area contributed by atoms with Gasteiger partial charge in [-0.2, -0.15) is 132 Å². The van der Waals surface area contributed by atoms with Gasteiger partial charge in [-0.25, -0.2) is 0 Å². The zero-order chi connectivity index (χ0) is 66.6. The number of alkyl halides is 24. The van der Waals surface area contributed by atoms with Crippen LogP contribution in [0.15, 0.2) is 128 Å². The molecule has 27 heteroatoms. The van der Waals surface area contributed by atoms with Crippen molar-refractivity contribution in [2.24, 2.45) is 0 Å². The van der Waals surface area contributed by atoms with Crippen LogP contribution in [0.25, 0.3) is 0 Å². The number of ketones is 1. The monoisotopic (exact) mass is 1300 g/mol. The first-order valence-electron chi connectivity index (χ1n) is 28.0. The Morgan fingerprint density at radius 3 is 0.831 bits per heavy atom. The van der Waals surface area contributed by atoms with Gasteiger partial charge in [0.15, 0.2) is 12.7 Å². The van der Waals surface area contributed by atoms with Crippen LogP contribution in [0.3, 0.4) is 0 Å². The van der Waals surface area contributed by atoms with Gasteiger partial charge in [0, 0.05) is 24.1 Å². The summed E-state index contributed by atoms with van der Waals surface area (Å²) in [6.07, 6.45) is -31.8. The van der Waals surface area contributed by atoms with Crippen LogP contribution in [0, 0.1) is 0 Å². The number of carbonyl (C=O) groups is 1. The topological polar surface area (TPSA) is 20.9 Å². The van der Waals surface area contributed by atoms with Gasteiger partial charge in [0.05, 0.1) is 44.5 Å². The lowest BCUT2D eigenvalue weighted by Crippen LogP contribution is -2.75. The summed E-state index contributed by atoms with van der Waals surface area (Å²) in [6.45, 7) is 3.04. The Labute approximate surface area is 496 Å². The number of unbranched alkanes of at least 4 members (excludes halogenated alkanes) is 14. The van der Waals surface area contributed by atoms with Crippen LogP contribution in [0.5, 0.6) is 0 Å². The minimum absolute atomic E-state index is 0.274. The molecular formula is C62H58BF24NO. The van der Waals surface area contributed by atoms with E-state index in [9.17, 15) is 110 Å². The quantitative estimate of drug-likeness (QED) is 0.0206. The van der Waals surface area contributed by atoms with Crippen molar-refractivity contribution in [1.82, 2.24) is 0 Å². The number of hydrogen-bond acceptors (Lipinski definition) is 1. The summed E-state index contributed by atoms with van der Waals surface area (Å²) in [5.41, 5.74) is -28.1. The van der Waals surface area contributed by atoms with Gasteiger partial charge in [-0.3, -0.25) is 4.79 Å². The number of rotatable bonds is 23. The number of aromatic nitrogens is 1. The number of halogens is 24. The third-order valence-corrected chi connectivity index (χ3v) is 14.9. The highest BCUT2D eigenvalue weighted by molar-refractivity contribution is 7.20. The van der Waals surface area contributed by atoms with Gasteiger partial charge in [0.2, 0.25) is 11.5 Å². The Kier molecular flexibility index (Phi) is 24.2. The summed E-state index contributed by atoms with van der Waals surface area (Å²) >= 11 is 0. The Bertz CT molecular complexity index is 2820. The van der Waals surface area contributed by atoms with Crippen LogP contribution < -0.4 is 26.4 Å². The van der Waals surface area contributed by atoms with Crippen molar-refractivity contribution in [1.29, 1.82) is 0 Å². The van der Waals surface area contributed by atoms with E-state index in [1.807, 2.05) is 30.5 Å². The summed E-state index contributed by atoms with van der Waals surface area (Å²) in [5.74, 6) is 0.274. The second-order valence-corrected chi connectivity index (χ2v) is 21.5. The van der Waals surface area contributed by atoms with Crippen molar-refractivity contribution in [2.75, 3.05) is 0 Å². The van der Waals surface area contributed by atoms with Crippen LogP contribution in [0.2, 0.25) is 0 Å². The van der Waals surface area contributed by atoms with Gasteiger partial charge in [-0.15, -0.1) is 0 Å². The van der Waals surface area contributed by atoms with E-state index in [-0.39, 0.29) is 5.78 Å². The molecule has 0 N–H and O–H groups in total. The number of hydrogen-bond donors (Lipinski definition) is 0. The predicted octanol–water partition coefficient (Wildman–Crippen LogP) is 19.7. The zero-order valence-corrected chi connectivity index (χ0v) is 47.1. The Morgan fingerprint density at radius 2 is 0.573 bits per heavy atom. The number of Topliss-reactive ketones (excluding diaryl/α,β-unsaturated/α-hetero) is 1. The molecule has 0 unspecified atom stereocenters. The molecule has 6 rings (SSSR count). The first-order chi connectivity index (χ1) is 41.1. The summed E-state index contributed by atoms with van der Waals surface area (Å²) in [5, 5.41) is 0. The maximum absolute atomic E-state index is 14.2. The predicted molar refractivity (Wildman–Crippen MR) is 286 cm³/mol. The Hall–Kier alpha value is -6.70. The summed E-state index contributed by atoms with van der Waals surface area (Å²) in [6, 6.07) is 7.50. The Balaban J connectivity index is 0.000000380. The van der Waals surface area contributed by atoms with Crippen molar-refractivity contribution in [3.8, 4) is 0 Å². The average molecular weight is 1300 g/mol.